The molecule has 5 rings (SSSR count). The van der Waals surface area contributed by atoms with Crippen molar-refractivity contribution in [2.24, 2.45) is 7.05 Å². The van der Waals surface area contributed by atoms with Gasteiger partial charge in [-0.05, 0) is 24.3 Å². The summed E-state index contributed by atoms with van der Waals surface area (Å²) < 4.78 is 8.66. The van der Waals surface area contributed by atoms with Crippen molar-refractivity contribution in [3.8, 4) is 11.3 Å². The summed E-state index contributed by atoms with van der Waals surface area (Å²) in [4.78, 5) is 29.7. The van der Waals surface area contributed by atoms with E-state index < -0.39 is 12.1 Å². The monoisotopic (exact) mass is 416 g/mol. The third-order valence-electron chi connectivity index (χ3n) is 5.44. The molecule has 1 fully saturated rings. The van der Waals surface area contributed by atoms with Gasteiger partial charge in [-0.2, -0.15) is 10.2 Å². The van der Waals surface area contributed by atoms with Crippen LogP contribution < -0.4 is 10.9 Å². The Hall–Kier alpha value is -3.85. The molecule has 0 aliphatic carbocycles. The van der Waals surface area contributed by atoms with Gasteiger partial charge in [0.2, 0.25) is 0 Å². The number of aromatic nitrogens is 5. The predicted octanol–water partition coefficient (Wildman–Crippen LogP) is 1.56. The van der Waals surface area contributed by atoms with Crippen LogP contribution in [-0.2, 0) is 11.8 Å². The first kappa shape index (κ1) is 19.1. The zero-order valence-corrected chi connectivity index (χ0v) is 16.8. The third-order valence-corrected chi connectivity index (χ3v) is 5.44. The summed E-state index contributed by atoms with van der Waals surface area (Å²) >= 11 is 0. The largest absolute Gasteiger partial charge is 0.377 e. The first-order valence-electron chi connectivity index (χ1n) is 9.92. The number of ether oxygens (including phenoxy) is 1. The Morgan fingerprint density at radius 3 is 2.81 bits per heavy atom. The van der Waals surface area contributed by atoms with Gasteiger partial charge in [-0.15, -0.1) is 0 Å². The third kappa shape index (κ3) is 3.49. The number of carbonyl (C=O) groups excluding carboxylic acids is 1. The highest BCUT2D eigenvalue weighted by molar-refractivity contribution is 6.05. The lowest BCUT2D eigenvalue weighted by molar-refractivity contribution is 0.0920. The average molecular weight is 416 g/mol. The van der Waals surface area contributed by atoms with Crippen LogP contribution in [0.15, 0.2) is 65.7 Å². The fourth-order valence-electron chi connectivity index (χ4n) is 3.87. The van der Waals surface area contributed by atoms with E-state index in [1.54, 1.807) is 30.2 Å². The molecule has 4 heterocycles. The number of amides is 1. The van der Waals surface area contributed by atoms with Gasteiger partial charge < -0.3 is 10.1 Å². The van der Waals surface area contributed by atoms with Gasteiger partial charge in [-0.1, -0.05) is 18.2 Å². The number of fused-ring (bicyclic) bond motifs is 1. The summed E-state index contributed by atoms with van der Waals surface area (Å²) in [5, 5.41) is 12.6. The Kier molecular flexibility index (Phi) is 4.79. The lowest BCUT2D eigenvalue weighted by Crippen LogP contribution is -2.44. The first-order valence-corrected chi connectivity index (χ1v) is 9.92. The number of aryl methyl sites for hydroxylation is 1. The van der Waals surface area contributed by atoms with Crippen molar-refractivity contribution >= 4 is 16.8 Å². The molecule has 4 aromatic rings. The number of nitrogens with one attached hydrogen (secondary N) is 1. The molecule has 0 spiro atoms. The van der Waals surface area contributed by atoms with Crippen LogP contribution in [0, 0.1) is 0 Å². The molecule has 0 bridgehead atoms. The van der Waals surface area contributed by atoms with Crippen molar-refractivity contribution in [2.75, 3.05) is 13.2 Å². The summed E-state index contributed by atoms with van der Waals surface area (Å²) in [7, 11) is 1.80. The predicted molar refractivity (Wildman–Crippen MR) is 114 cm³/mol. The quantitative estimate of drug-likeness (QED) is 0.542. The molecular weight excluding hydrogens is 396 g/mol. The minimum atomic E-state index is -0.428. The summed E-state index contributed by atoms with van der Waals surface area (Å²) in [6, 6.07) is 13.5. The topological polar surface area (TPSA) is 104 Å². The van der Waals surface area contributed by atoms with Crippen molar-refractivity contribution < 1.29 is 9.53 Å². The Bertz CT molecular complexity index is 1310. The van der Waals surface area contributed by atoms with Gasteiger partial charge >= 0.3 is 0 Å². The lowest BCUT2D eigenvalue weighted by Gasteiger charge is -2.20. The van der Waals surface area contributed by atoms with Crippen LogP contribution in [0.5, 0.6) is 0 Å². The normalized spacial score (nSPS) is 18.4. The zero-order valence-electron chi connectivity index (χ0n) is 16.8. The second-order valence-corrected chi connectivity index (χ2v) is 7.42. The van der Waals surface area contributed by atoms with Crippen LogP contribution in [0.3, 0.4) is 0 Å². The zero-order chi connectivity index (χ0) is 21.4. The van der Waals surface area contributed by atoms with E-state index in [9.17, 15) is 9.59 Å². The van der Waals surface area contributed by atoms with Crippen LogP contribution >= 0.6 is 0 Å². The molecule has 1 aliphatic rings. The number of rotatable bonds is 4. The second kappa shape index (κ2) is 7.77. The van der Waals surface area contributed by atoms with E-state index in [0.717, 1.165) is 16.5 Å². The van der Waals surface area contributed by atoms with Gasteiger partial charge in [0.1, 0.15) is 6.04 Å². The highest BCUT2D eigenvalue weighted by Gasteiger charge is 2.33. The molecular formula is C22H20N6O3. The van der Waals surface area contributed by atoms with Crippen LogP contribution in [-0.4, -0.2) is 49.7 Å². The molecule has 0 radical (unpaired) electrons. The molecule has 156 valence electrons. The van der Waals surface area contributed by atoms with Gasteiger partial charge in [0.05, 0.1) is 30.5 Å². The van der Waals surface area contributed by atoms with Crippen LogP contribution in [0.4, 0.5) is 0 Å². The van der Waals surface area contributed by atoms with Crippen molar-refractivity contribution in [3.63, 3.8) is 0 Å². The number of hydrogen-bond acceptors (Lipinski definition) is 6. The molecule has 1 saturated heterocycles. The fourth-order valence-corrected chi connectivity index (χ4v) is 3.87. The number of para-hydroxylation sites is 1. The highest BCUT2D eigenvalue weighted by atomic mass is 16.5. The smallest absolute Gasteiger partial charge is 0.272 e. The molecule has 1 aromatic carbocycles. The van der Waals surface area contributed by atoms with Crippen molar-refractivity contribution in [1.82, 2.24) is 29.9 Å². The highest BCUT2D eigenvalue weighted by Crippen LogP contribution is 2.22. The van der Waals surface area contributed by atoms with E-state index in [-0.39, 0.29) is 24.7 Å². The number of pyridine rings is 1. The number of benzene rings is 1. The summed E-state index contributed by atoms with van der Waals surface area (Å²) in [5.74, 6) is -0.311. The molecule has 1 amide bonds. The van der Waals surface area contributed by atoms with E-state index >= 15 is 0 Å². The minimum Gasteiger partial charge on any atom is -0.377 e. The first-order chi connectivity index (χ1) is 15.1. The van der Waals surface area contributed by atoms with E-state index in [4.69, 9.17) is 4.74 Å². The van der Waals surface area contributed by atoms with E-state index in [0.29, 0.717) is 11.4 Å². The van der Waals surface area contributed by atoms with Crippen LogP contribution in [0.2, 0.25) is 0 Å². The van der Waals surface area contributed by atoms with Gasteiger partial charge in [0, 0.05) is 36.5 Å². The molecule has 0 saturated carbocycles. The fraction of sp³-hybridized carbons (Fsp3) is 0.227. The molecule has 3 aromatic heterocycles. The van der Waals surface area contributed by atoms with Crippen molar-refractivity contribution in [1.29, 1.82) is 0 Å². The SMILES string of the molecule is Cn1nc(C(=O)NC2COCC2n2nc(-c3cccnc3)ccc2=O)c2ccccc21. The number of nitrogens with zero attached hydrogens (tertiary/aromatic N) is 5. The van der Waals surface area contributed by atoms with E-state index in [1.807, 2.05) is 36.4 Å². The molecule has 31 heavy (non-hydrogen) atoms. The van der Waals surface area contributed by atoms with Crippen molar-refractivity contribution in [3.05, 3.63) is 77.0 Å². The van der Waals surface area contributed by atoms with Gasteiger partial charge in [-0.3, -0.25) is 19.3 Å². The maximum Gasteiger partial charge on any atom is 0.272 e. The van der Waals surface area contributed by atoms with E-state index in [1.165, 1.54) is 10.7 Å². The number of carbonyl (C=O) groups is 1. The summed E-state index contributed by atoms with van der Waals surface area (Å²) in [5.41, 5.74) is 2.38. The van der Waals surface area contributed by atoms with Crippen molar-refractivity contribution in [2.45, 2.75) is 12.1 Å². The Morgan fingerprint density at radius 1 is 1.10 bits per heavy atom. The summed E-state index contributed by atoms with van der Waals surface area (Å²) in [6.07, 6.45) is 3.37. The Labute approximate surface area is 177 Å². The second-order valence-electron chi connectivity index (χ2n) is 7.42. The maximum atomic E-state index is 13.0. The maximum absolute atomic E-state index is 13.0. The van der Waals surface area contributed by atoms with Gasteiger partial charge in [-0.25, -0.2) is 4.68 Å². The molecule has 2 unspecified atom stereocenters. The van der Waals surface area contributed by atoms with Gasteiger partial charge in [0.25, 0.3) is 11.5 Å². The Morgan fingerprint density at radius 2 is 1.97 bits per heavy atom. The molecule has 2 atom stereocenters. The van der Waals surface area contributed by atoms with Gasteiger partial charge in [0.15, 0.2) is 5.69 Å². The average Bonchev–Trinajstić information content (AvgIpc) is 3.39. The summed E-state index contributed by atoms with van der Waals surface area (Å²) in [6.45, 7) is 0.559. The molecule has 9 nitrogen and oxygen atoms in total. The van der Waals surface area contributed by atoms with Crippen LogP contribution in [0.1, 0.15) is 16.5 Å². The lowest BCUT2D eigenvalue weighted by atomic mass is 10.1. The minimum absolute atomic E-state index is 0.259. The molecule has 1 N–H and O–H groups in total. The molecule has 9 heteroatoms. The number of hydrogen-bond donors (Lipinski definition) is 1. The Balaban J connectivity index is 1.44. The van der Waals surface area contributed by atoms with E-state index in [2.05, 4.69) is 20.5 Å². The standard InChI is InChI=1S/C22H20N6O3/c1-27-18-7-3-2-6-15(18)21(26-27)22(30)24-17-12-31-13-19(17)28-20(29)9-8-16(25-28)14-5-4-10-23-11-14/h2-11,17,19H,12-13H2,1H3,(H,24,30). The molecule has 1 aliphatic heterocycles. The van der Waals surface area contributed by atoms with Crippen LogP contribution in [0.25, 0.3) is 22.2 Å².